The van der Waals surface area contributed by atoms with E-state index in [9.17, 15) is 4.79 Å². The second-order valence-electron chi connectivity index (χ2n) is 4.98. The molecule has 2 heterocycles. The summed E-state index contributed by atoms with van der Waals surface area (Å²) in [6.07, 6.45) is 3.02. The Balaban J connectivity index is 1.68. The fourth-order valence-electron chi connectivity index (χ4n) is 2.32. The first-order chi connectivity index (χ1) is 10.3. The summed E-state index contributed by atoms with van der Waals surface area (Å²) in [6.45, 7) is 2.70. The third-order valence-corrected chi connectivity index (χ3v) is 4.40. The summed E-state index contributed by atoms with van der Waals surface area (Å²) in [4.78, 5) is 13.2. The molecular formula is C17H17NO2S. The summed E-state index contributed by atoms with van der Waals surface area (Å²) in [5.41, 5.74) is 3.04. The average Bonchev–Trinajstić information content (AvgIpc) is 3.14. The van der Waals surface area contributed by atoms with E-state index in [0.29, 0.717) is 13.0 Å². The Morgan fingerprint density at radius 3 is 3.00 bits per heavy atom. The molecule has 0 radical (unpaired) electrons. The van der Waals surface area contributed by atoms with E-state index in [1.54, 1.807) is 17.6 Å². The third kappa shape index (κ3) is 3.16. The van der Waals surface area contributed by atoms with Crippen molar-refractivity contribution >= 4 is 28.2 Å². The quantitative estimate of drug-likeness (QED) is 0.776. The zero-order valence-corrected chi connectivity index (χ0v) is 12.7. The predicted octanol–water partition coefficient (Wildman–Crippen LogP) is 3.92. The summed E-state index contributed by atoms with van der Waals surface area (Å²) in [6, 6.07) is 10.2. The average molecular weight is 299 g/mol. The molecule has 4 heteroatoms. The molecule has 0 saturated carbocycles. The first-order valence-corrected chi connectivity index (χ1v) is 7.92. The molecule has 1 amide bonds. The van der Waals surface area contributed by atoms with Crippen LogP contribution in [-0.4, -0.2) is 5.91 Å². The van der Waals surface area contributed by atoms with Crippen LogP contribution in [0.25, 0.3) is 11.0 Å². The fourth-order valence-corrected chi connectivity index (χ4v) is 2.96. The van der Waals surface area contributed by atoms with Gasteiger partial charge in [0.05, 0.1) is 19.2 Å². The monoisotopic (exact) mass is 299 g/mol. The number of furan rings is 1. The zero-order chi connectivity index (χ0) is 14.7. The molecule has 0 aliphatic rings. The van der Waals surface area contributed by atoms with Gasteiger partial charge in [0.15, 0.2) is 0 Å². The number of hydrogen-bond donors (Lipinski definition) is 1. The number of fused-ring (bicyclic) bond motifs is 1. The van der Waals surface area contributed by atoms with Gasteiger partial charge < -0.3 is 9.73 Å². The van der Waals surface area contributed by atoms with Crippen molar-refractivity contribution in [3.8, 4) is 0 Å². The summed E-state index contributed by atoms with van der Waals surface area (Å²) in [5.74, 6) is 0.0191. The molecular weight excluding hydrogens is 282 g/mol. The molecule has 1 aromatic carbocycles. The molecule has 0 saturated heterocycles. The third-order valence-electron chi connectivity index (χ3n) is 3.52. The zero-order valence-electron chi connectivity index (χ0n) is 11.9. The molecule has 0 spiro atoms. The summed E-state index contributed by atoms with van der Waals surface area (Å²) in [5, 5.41) is 5.98. The molecule has 0 atom stereocenters. The SMILES string of the molecule is CCc1ccc2c(CC(=O)NCc3cccs3)coc2c1. The van der Waals surface area contributed by atoms with Gasteiger partial charge in [-0.15, -0.1) is 11.3 Å². The molecule has 1 N–H and O–H groups in total. The predicted molar refractivity (Wildman–Crippen MR) is 85.5 cm³/mol. The molecule has 3 aromatic rings. The lowest BCUT2D eigenvalue weighted by molar-refractivity contribution is -0.120. The van der Waals surface area contributed by atoms with Crippen LogP contribution in [0.1, 0.15) is 22.9 Å². The van der Waals surface area contributed by atoms with Crippen molar-refractivity contribution in [2.24, 2.45) is 0 Å². The van der Waals surface area contributed by atoms with Gasteiger partial charge in [-0.25, -0.2) is 0 Å². The van der Waals surface area contributed by atoms with E-state index in [-0.39, 0.29) is 5.91 Å². The number of carbonyl (C=O) groups excluding carboxylic acids is 1. The van der Waals surface area contributed by atoms with E-state index in [0.717, 1.165) is 27.8 Å². The highest BCUT2D eigenvalue weighted by Crippen LogP contribution is 2.23. The Morgan fingerprint density at radius 2 is 2.24 bits per heavy atom. The van der Waals surface area contributed by atoms with Gasteiger partial charge in [-0.3, -0.25) is 4.79 Å². The Morgan fingerprint density at radius 1 is 1.33 bits per heavy atom. The number of rotatable bonds is 5. The van der Waals surface area contributed by atoms with Gasteiger partial charge in [0, 0.05) is 15.8 Å². The summed E-state index contributed by atoms with van der Waals surface area (Å²) >= 11 is 1.65. The van der Waals surface area contributed by atoms with Crippen LogP contribution in [0.4, 0.5) is 0 Å². The number of aryl methyl sites for hydroxylation is 1. The topological polar surface area (TPSA) is 42.2 Å². The smallest absolute Gasteiger partial charge is 0.224 e. The number of amides is 1. The van der Waals surface area contributed by atoms with Crippen molar-refractivity contribution in [1.29, 1.82) is 0 Å². The lowest BCUT2D eigenvalue weighted by Crippen LogP contribution is -2.23. The van der Waals surface area contributed by atoms with Crippen LogP contribution in [0, 0.1) is 0 Å². The van der Waals surface area contributed by atoms with Gasteiger partial charge in [-0.1, -0.05) is 25.1 Å². The number of benzene rings is 1. The minimum atomic E-state index is 0.0191. The standard InChI is InChI=1S/C17H17NO2S/c1-2-12-5-6-15-13(11-20-16(15)8-12)9-17(19)18-10-14-4-3-7-21-14/h3-8,11H,2,9-10H2,1H3,(H,18,19). The minimum Gasteiger partial charge on any atom is -0.464 e. The highest BCUT2D eigenvalue weighted by atomic mass is 32.1. The molecule has 3 nitrogen and oxygen atoms in total. The Bertz CT molecular complexity index is 743. The lowest BCUT2D eigenvalue weighted by Gasteiger charge is -2.03. The lowest BCUT2D eigenvalue weighted by atomic mass is 10.1. The normalized spacial score (nSPS) is 10.9. The Kier molecular flexibility index (Phi) is 4.06. The molecule has 0 unspecified atom stereocenters. The second-order valence-corrected chi connectivity index (χ2v) is 6.01. The summed E-state index contributed by atoms with van der Waals surface area (Å²) < 4.78 is 5.56. The maximum atomic E-state index is 12.0. The van der Waals surface area contributed by atoms with E-state index in [2.05, 4.69) is 18.3 Å². The highest BCUT2D eigenvalue weighted by molar-refractivity contribution is 7.09. The van der Waals surface area contributed by atoms with Crippen LogP contribution < -0.4 is 5.32 Å². The van der Waals surface area contributed by atoms with Gasteiger partial charge in [0.25, 0.3) is 0 Å². The summed E-state index contributed by atoms with van der Waals surface area (Å²) in [7, 11) is 0. The fraction of sp³-hybridized carbons (Fsp3) is 0.235. The molecule has 0 aliphatic heterocycles. The molecule has 2 aromatic heterocycles. The molecule has 3 rings (SSSR count). The van der Waals surface area contributed by atoms with E-state index >= 15 is 0 Å². The molecule has 0 fully saturated rings. The highest BCUT2D eigenvalue weighted by Gasteiger charge is 2.10. The van der Waals surface area contributed by atoms with Crippen molar-refractivity contribution in [3.05, 3.63) is 58.0 Å². The van der Waals surface area contributed by atoms with Crippen LogP contribution in [-0.2, 0) is 24.2 Å². The number of thiophene rings is 1. The van der Waals surface area contributed by atoms with Crippen molar-refractivity contribution in [2.75, 3.05) is 0 Å². The van der Waals surface area contributed by atoms with Gasteiger partial charge >= 0.3 is 0 Å². The number of hydrogen-bond acceptors (Lipinski definition) is 3. The number of nitrogens with one attached hydrogen (secondary N) is 1. The first-order valence-electron chi connectivity index (χ1n) is 7.04. The van der Waals surface area contributed by atoms with Crippen LogP contribution in [0.15, 0.2) is 46.4 Å². The Labute approximate surface area is 127 Å². The first kappa shape index (κ1) is 13.9. The van der Waals surface area contributed by atoms with Gasteiger partial charge in [0.2, 0.25) is 5.91 Å². The van der Waals surface area contributed by atoms with Gasteiger partial charge in [-0.05, 0) is 29.5 Å². The van der Waals surface area contributed by atoms with E-state index in [1.165, 1.54) is 5.56 Å². The van der Waals surface area contributed by atoms with Crippen LogP contribution >= 0.6 is 11.3 Å². The van der Waals surface area contributed by atoms with Crippen molar-refractivity contribution in [3.63, 3.8) is 0 Å². The molecule has 21 heavy (non-hydrogen) atoms. The van der Waals surface area contributed by atoms with E-state index < -0.39 is 0 Å². The van der Waals surface area contributed by atoms with E-state index in [4.69, 9.17) is 4.42 Å². The van der Waals surface area contributed by atoms with Crippen molar-refractivity contribution in [2.45, 2.75) is 26.3 Å². The minimum absolute atomic E-state index is 0.0191. The number of carbonyl (C=O) groups is 1. The van der Waals surface area contributed by atoms with E-state index in [1.807, 2.05) is 29.6 Å². The van der Waals surface area contributed by atoms with Crippen molar-refractivity contribution < 1.29 is 9.21 Å². The van der Waals surface area contributed by atoms with Crippen LogP contribution in [0.2, 0.25) is 0 Å². The Hall–Kier alpha value is -2.07. The van der Waals surface area contributed by atoms with Gasteiger partial charge in [-0.2, -0.15) is 0 Å². The maximum absolute atomic E-state index is 12.0. The van der Waals surface area contributed by atoms with Crippen LogP contribution in [0.5, 0.6) is 0 Å². The molecule has 0 bridgehead atoms. The molecule has 108 valence electrons. The maximum Gasteiger partial charge on any atom is 0.224 e. The largest absolute Gasteiger partial charge is 0.464 e. The van der Waals surface area contributed by atoms with Gasteiger partial charge in [0.1, 0.15) is 5.58 Å². The van der Waals surface area contributed by atoms with Crippen LogP contribution in [0.3, 0.4) is 0 Å². The molecule has 0 aliphatic carbocycles. The second kappa shape index (κ2) is 6.14. The van der Waals surface area contributed by atoms with Crippen molar-refractivity contribution in [1.82, 2.24) is 5.32 Å².